The first-order chi connectivity index (χ1) is 14.3. The number of para-hydroxylation sites is 1. The minimum absolute atomic E-state index is 0.229. The van der Waals surface area contributed by atoms with Gasteiger partial charge in [0, 0.05) is 27.1 Å². The summed E-state index contributed by atoms with van der Waals surface area (Å²) >= 11 is 3.30. The minimum Gasteiger partial charge on any atom is -0.480 e. The number of anilines is 1. The highest BCUT2D eigenvalue weighted by molar-refractivity contribution is 9.10. The number of hydrogen-bond acceptors (Lipinski definition) is 4. The summed E-state index contributed by atoms with van der Waals surface area (Å²) in [7, 11) is 0. The summed E-state index contributed by atoms with van der Waals surface area (Å²) < 4.78 is 2.19. The van der Waals surface area contributed by atoms with Gasteiger partial charge in [0.2, 0.25) is 0 Å². The van der Waals surface area contributed by atoms with Crippen molar-refractivity contribution in [1.29, 1.82) is 0 Å². The second kappa shape index (κ2) is 7.60. The third kappa shape index (κ3) is 3.50. The Labute approximate surface area is 178 Å². The van der Waals surface area contributed by atoms with E-state index in [1.165, 1.54) is 10.6 Å². The van der Waals surface area contributed by atoms with Crippen LogP contribution in [0.25, 0.3) is 17.0 Å². The number of halogens is 1. The summed E-state index contributed by atoms with van der Waals surface area (Å²) in [6, 6.07) is 12.8. The number of carbonyl (C=O) groups is 4. The Morgan fingerprint density at radius 1 is 1.10 bits per heavy atom. The number of carboxylic acid groups (broad SMARTS) is 1. The van der Waals surface area contributed by atoms with Gasteiger partial charge in [-0.2, -0.15) is 0 Å². The molecule has 1 aromatic heterocycles. The van der Waals surface area contributed by atoms with E-state index >= 15 is 0 Å². The number of barbiturate groups is 1. The summed E-state index contributed by atoms with van der Waals surface area (Å²) in [4.78, 5) is 49.9. The number of aliphatic carboxylic acids is 1. The summed E-state index contributed by atoms with van der Waals surface area (Å²) in [6.45, 7) is -0.271. The lowest BCUT2D eigenvalue weighted by molar-refractivity contribution is -0.137. The fourth-order valence-electron chi connectivity index (χ4n) is 3.33. The third-order valence-electron chi connectivity index (χ3n) is 4.59. The Kier molecular flexibility index (Phi) is 4.96. The van der Waals surface area contributed by atoms with Crippen molar-refractivity contribution in [2.24, 2.45) is 0 Å². The number of carboxylic acids is 1. The van der Waals surface area contributed by atoms with Crippen LogP contribution in [0.2, 0.25) is 0 Å². The molecule has 0 bridgehead atoms. The van der Waals surface area contributed by atoms with E-state index in [9.17, 15) is 19.2 Å². The molecule has 30 heavy (non-hydrogen) atoms. The lowest BCUT2D eigenvalue weighted by Crippen LogP contribution is -2.54. The van der Waals surface area contributed by atoms with E-state index < -0.39 is 23.8 Å². The van der Waals surface area contributed by atoms with Gasteiger partial charge in [-0.15, -0.1) is 0 Å². The zero-order valence-electron chi connectivity index (χ0n) is 15.3. The van der Waals surface area contributed by atoms with Crippen LogP contribution in [0.3, 0.4) is 0 Å². The van der Waals surface area contributed by atoms with Crippen LogP contribution in [0.5, 0.6) is 0 Å². The van der Waals surface area contributed by atoms with E-state index in [4.69, 9.17) is 5.11 Å². The lowest BCUT2D eigenvalue weighted by atomic mass is 10.1. The van der Waals surface area contributed by atoms with Gasteiger partial charge in [0.05, 0.1) is 5.69 Å². The molecule has 2 heterocycles. The first-order valence-corrected chi connectivity index (χ1v) is 9.61. The van der Waals surface area contributed by atoms with E-state index in [0.29, 0.717) is 26.6 Å². The lowest BCUT2D eigenvalue weighted by Gasteiger charge is -2.26. The molecular weight excluding hydrogens is 454 g/mol. The van der Waals surface area contributed by atoms with Crippen LogP contribution in [0.4, 0.5) is 10.5 Å². The Morgan fingerprint density at radius 2 is 1.87 bits per heavy atom. The second-order valence-corrected chi connectivity index (χ2v) is 7.48. The monoisotopic (exact) mass is 467 g/mol. The molecule has 2 N–H and O–H groups in total. The molecule has 0 saturated carbocycles. The van der Waals surface area contributed by atoms with Gasteiger partial charge < -0.3 is 9.67 Å². The average Bonchev–Trinajstić information content (AvgIpc) is 3.02. The molecule has 0 atom stereocenters. The number of fused-ring (bicyclic) bond motifs is 1. The molecular formula is C21H14BrN3O5. The molecule has 4 rings (SSSR count). The van der Waals surface area contributed by atoms with Crippen molar-refractivity contribution < 1.29 is 24.3 Å². The van der Waals surface area contributed by atoms with Gasteiger partial charge >= 0.3 is 12.0 Å². The Balaban J connectivity index is 1.81. The molecule has 3 aromatic rings. The van der Waals surface area contributed by atoms with Gasteiger partial charge in [-0.3, -0.25) is 19.7 Å². The van der Waals surface area contributed by atoms with E-state index in [-0.39, 0.29) is 12.1 Å². The number of imide groups is 2. The normalized spacial score (nSPS) is 15.7. The molecule has 1 aliphatic heterocycles. The zero-order chi connectivity index (χ0) is 21.4. The number of benzene rings is 2. The number of nitrogens with one attached hydrogen (secondary N) is 1. The number of urea groups is 1. The molecule has 9 heteroatoms. The SMILES string of the molecule is O=C(O)Cn1cc(C=C2C(=O)NC(=O)N(c3cccc(Br)c3)C2=O)c2ccccc21. The smallest absolute Gasteiger partial charge is 0.335 e. The molecule has 1 saturated heterocycles. The number of hydrogen-bond donors (Lipinski definition) is 2. The van der Waals surface area contributed by atoms with Crippen molar-refractivity contribution in [2.45, 2.75) is 6.54 Å². The molecule has 0 unspecified atom stereocenters. The van der Waals surface area contributed by atoms with Crippen molar-refractivity contribution >= 4 is 62.4 Å². The summed E-state index contributed by atoms with van der Waals surface area (Å²) in [5.74, 6) is -2.60. The van der Waals surface area contributed by atoms with Gasteiger partial charge in [-0.1, -0.05) is 40.2 Å². The Hall–Kier alpha value is -3.72. The van der Waals surface area contributed by atoms with Gasteiger partial charge in [0.25, 0.3) is 11.8 Å². The fraction of sp³-hybridized carbons (Fsp3) is 0.0476. The summed E-state index contributed by atoms with van der Waals surface area (Å²) in [5, 5.41) is 12.0. The van der Waals surface area contributed by atoms with Crippen molar-refractivity contribution in [1.82, 2.24) is 9.88 Å². The first kappa shape index (κ1) is 19.6. The molecule has 2 aromatic carbocycles. The Bertz CT molecular complexity index is 1260. The molecule has 0 spiro atoms. The highest BCUT2D eigenvalue weighted by atomic mass is 79.9. The standard InChI is InChI=1S/C21H14BrN3O5/c22-13-4-3-5-14(9-13)25-20(29)16(19(28)23-21(25)30)8-12-10-24(11-18(26)27)17-7-2-1-6-15(12)17/h1-10H,11H2,(H,26,27)(H,23,28,30). The summed E-state index contributed by atoms with van der Waals surface area (Å²) in [6.07, 6.45) is 2.93. The van der Waals surface area contributed by atoms with Crippen LogP contribution in [0.1, 0.15) is 5.56 Å². The van der Waals surface area contributed by atoms with Crippen molar-refractivity contribution in [3.05, 3.63) is 70.3 Å². The van der Waals surface area contributed by atoms with Crippen LogP contribution in [0, 0.1) is 0 Å². The fourth-order valence-corrected chi connectivity index (χ4v) is 3.72. The number of nitrogens with zero attached hydrogens (tertiary/aromatic N) is 2. The minimum atomic E-state index is -1.02. The number of carbonyl (C=O) groups excluding carboxylic acids is 3. The molecule has 0 radical (unpaired) electrons. The zero-order valence-corrected chi connectivity index (χ0v) is 16.9. The predicted octanol–water partition coefficient (Wildman–Crippen LogP) is 3.15. The van der Waals surface area contributed by atoms with Crippen LogP contribution in [-0.2, 0) is 20.9 Å². The topological polar surface area (TPSA) is 109 Å². The predicted molar refractivity (Wildman–Crippen MR) is 113 cm³/mol. The van der Waals surface area contributed by atoms with Gasteiger partial charge in [-0.05, 0) is 30.3 Å². The average molecular weight is 468 g/mol. The van der Waals surface area contributed by atoms with Gasteiger partial charge in [-0.25, -0.2) is 9.69 Å². The van der Waals surface area contributed by atoms with E-state index in [2.05, 4.69) is 21.2 Å². The second-order valence-electron chi connectivity index (χ2n) is 6.56. The molecule has 1 fully saturated rings. The van der Waals surface area contributed by atoms with Crippen molar-refractivity contribution in [3.8, 4) is 0 Å². The quantitative estimate of drug-likeness (QED) is 0.452. The van der Waals surface area contributed by atoms with Crippen LogP contribution in [0.15, 0.2) is 64.8 Å². The molecule has 0 aliphatic carbocycles. The van der Waals surface area contributed by atoms with Gasteiger partial charge in [0.15, 0.2) is 0 Å². The molecule has 150 valence electrons. The van der Waals surface area contributed by atoms with Crippen molar-refractivity contribution in [2.75, 3.05) is 4.90 Å². The number of amides is 4. The van der Waals surface area contributed by atoms with Crippen LogP contribution in [-0.4, -0.2) is 33.5 Å². The number of rotatable bonds is 4. The first-order valence-electron chi connectivity index (χ1n) is 8.82. The van der Waals surface area contributed by atoms with E-state index in [1.54, 1.807) is 54.7 Å². The molecule has 1 aliphatic rings. The molecule has 4 amide bonds. The maximum absolute atomic E-state index is 13.0. The highest BCUT2D eigenvalue weighted by Crippen LogP contribution is 2.27. The third-order valence-corrected chi connectivity index (χ3v) is 5.09. The maximum atomic E-state index is 13.0. The van der Waals surface area contributed by atoms with Gasteiger partial charge in [0.1, 0.15) is 12.1 Å². The summed E-state index contributed by atoms with van der Waals surface area (Å²) in [5.41, 5.74) is 1.22. The van der Waals surface area contributed by atoms with E-state index in [1.807, 2.05) is 0 Å². The molecule has 8 nitrogen and oxygen atoms in total. The Morgan fingerprint density at radius 3 is 2.60 bits per heavy atom. The number of aromatic nitrogens is 1. The van der Waals surface area contributed by atoms with Crippen molar-refractivity contribution in [3.63, 3.8) is 0 Å². The highest BCUT2D eigenvalue weighted by Gasteiger charge is 2.37. The van der Waals surface area contributed by atoms with E-state index in [0.717, 1.165) is 4.90 Å². The maximum Gasteiger partial charge on any atom is 0.335 e. The largest absolute Gasteiger partial charge is 0.480 e. The van der Waals surface area contributed by atoms with Crippen LogP contribution >= 0.6 is 15.9 Å². The van der Waals surface area contributed by atoms with Crippen LogP contribution < -0.4 is 10.2 Å².